The molecule has 0 amide bonds. The summed E-state index contributed by atoms with van der Waals surface area (Å²) in [4.78, 5) is 77.5. The molecule has 4 rings (SSSR count). The predicted molar refractivity (Wildman–Crippen MR) is 235 cm³/mol. The van der Waals surface area contributed by atoms with Gasteiger partial charge in [-0.2, -0.15) is 0 Å². The third-order valence-corrected chi connectivity index (χ3v) is 15.3. The standard InChI is InChI=1S/C48H81N3O12/c1-6-8-10-12-40(52)58-29-34(61-42(54)13-11-9-7-2)30-59-41(53)17-14-31(3)35-15-16-36-46-37(28-39(48(35,36)5)63-45(57)21-25-51)47(4)22-18-33(60-43(55)19-23-49)26-32(47)27-38(46)62-44(56)20-24-50/h31-39,46H,6-30,49-51H2,1-5H3/t31-,32+,33-,34?,35-,36+,37+,38-,39+,46+,47+,48-/m1/s1. The van der Waals surface area contributed by atoms with Crippen LogP contribution in [0.25, 0.3) is 0 Å². The summed E-state index contributed by atoms with van der Waals surface area (Å²) in [7, 11) is 0. The Hall–Kier alpha value is -3.30. The van der Waals surface area contributed by atoms with Gasteiger partial charge in [-0.3, -0.25) is 28.8 Å². The van der Waals surface area contributed by atoms with Crippen LogP contribution in [0.1, 0.15) is 163 Å². The van der Waals surface area contributed by atoms with E-state index >= 15 is 0 Å². The number of unbranched alkanes of at least 4 members (excludes halogenated alkanes) is 4. The van der Waals surface area contributed by atoms with E-state index in [0.29, 0.717) is 44.9 Å². The summed E-state index contributed by atoms with van der Waals surface area (Å²) in [5.41, 5.74) is 16.6. The molecule has 12 atom stereocenters. The van der Waals surface area contributed by atoms with Crippen molar-refractivity contribution in [2.24, 2.45) is 63.5 Å². The summed E-state index contributed by atoms with van der Waals surface area (Å²) < 4.78 is 35.5. The Balaban J connectivity index is 1.51. The fourth-order valence-corrected chi connectivity index (χ4v) is 12.0. The first kappa shape index (κ1) is 52.3. The van der Waals surface area contributed by atoms with Gasteiger partial charge in [0.1, 0.15) is 31.5 Å². The van der Waals surface area contributed by atoms with Gasteiger partial charge in [0.15, 0.2) is 6.10 Å². The van der Waals surface area contributed by atoms with Crippen LogP contribution in [0.4, 0.5) is 0 Å². The highest BCUT2D eigenvalue weighted by molar-refractivity contribution is 5.72. The van der Waals surface area contributed by atoms with Crippen LogP contribution >= 0.6 is 0 Å². The van der Waals surface area contributed by atoms with Crippen LogP contribution in [0.2, 0.25) is 0 Å². The van der Waals surface area contributed by atoms with Gasteiger partial charge in [0.25, 0.3) is 0 Å². The lowest BCUT2D eigenvalue weighted by Gasteiger charge is -2.64. The molecule has 4 fully saturated rings. The molecule has 15 nitrogen and oxygen atoms in total. The molecule has 4 aliphatic rings. The van der Waals surface area contributed by atoms with Crippen LogP contribution in [0.15, 0.2) is 0 Å². The Kier molecular flexibility index (Phi) is 21.1. The zero-order valence-corrected chi connectivity index (χ0v) is 39.1. The number of nitrogens with two attached hydrogens (primary N) is 3. The summed E-state index contributed by atoms with van der Waals surface area (Å²) in [6, 6.07) is 0. The first-order valence-electron chi connectivity index (χ1n) is 24.3. The molecule has 6 N–H and O–H groups in total. The molecule has 0 aromatic heterocycles. The number of fused-ring (bicyclic) bond motifs is 5. The van der Waals surface area contributed by atoms with E-state index in [-0.39, 0.29) is 148 Å². The molecule has 0 radical (unpaired) electrons. The molecule has 15 heteroatoms. The first-order valence-corrected chi connectivity index (χ1v) is 24.3. The Morgan fingerprint density at radius 1 is 0.619 bits per heavy atom. The molecule has 0 spiro atoms. The Morgan fingerprint density at radius 3 is 1.79 bits per heavy atom. The van der Waals surface area contributed by atoms with Crippen LogP contribution in [0.3, 0.4) is 0 Å². The zero-order valence-electron chi connectivity index (χ0n) is 39.1. The topological polar surface area (TPSA) is 236 Å². The van der Waals surface area contributed by atoms with Gasteiger partial charge in [0.2, 0.25) is 0 Å². The maximum Gasteiger partial charge on any atom is 0.307 e. The van der Waals surface area contributed by atoms with Gasteiger partial charge in [-0.15, -0.1) is 0 Å². The summed E-state index contributed by atoms with van der Waals surface area (Å²) in [5.74, 6) is -1.89. The Labute approximate surface area is 376 Å². The molecule has 1 unspecified atom stereocenters. The van der Waals surface area contributed by atoms with Crippen molar-refractivity contribution in [3.63, 3.8) is 0 Å². The maximum absolute atomic E-state index is 13.4. The van der Waals surface area contributed by atoms with Gasteiger partial charge < -0.3 is 45.6 Å². The number of hydrogen-bond acceptors (Lipinski definition) is 15. The van der Waals surface area contributed by atoms with Crippen molar-refractivity contribution >= 4 is 35.8 Å². The lowest BCUT2D eigenvalue weighted by molar-refractivity contribution is -0.225. The smallest absolute Gasteiger partial charge is 0.307 e. The summed E-state index contributed by atoms with van der Waals surface area (Å²) in [6.07, 6.45) is 9.74. The number of carbonyl (C=O) groups is 6. The summed E-state index contributed by atoms with van der Waals surface area (Å²) >= 11 is 0. The number of carbonyl (C=O) groups excluding carboxylic acids is 6. The van der Waals surface area contributed by atoms with Gasteiger partial charge >= 0.3 is 35.8 Å². The molecule has 360 valence electrons. The molecule has 0 aromatic rings. The van der Waals surface area contributed by atoms with Crippen LogP contribution in [-0.4, -0.2) is 93.1 Å². The monoisotopic (exact) mass is 892 g/mol. The Bertz CT molecular complexity index is 1510. The minimum Gasteiger partial charge on any atom is -0.462 e. The van der Waals surface area contributed by atoms with Gasteiger partial charge in [-0.05, 0) is 99.2 Å². The highest BCUT2D eigenvalue weighted by atomic mass is 16.6. The summed E-state index contributed by atoms with van der Waals surface area (Å²) in [5, 5.41) is 0. The van der Waals surface area contributed by atoms with Gasteiger partial charge in [0.05, 0.1) is 19.3 Å². The molecule has 4 saturated carbocycles. The molecule has 0 aromatic carbocycles. The average Bonchev–Trinajstić information content (AvgIpc) is 3.60. The second kappa shape index (κ2) is 25.4. The zero-order chi connectivity index (χ0) is 46.2. The largest absolute Gasteiger partial charge is 0.462 e. The van der Waals surface area contributed by atoms with Crippen LogP contribution < -0.4 is 17.2 Å². The lowest BCUT2D eigenvalue weighted by Crippen LogP contribution is -2.63. The van der Waals surface area contributed by atoms with E-state index in [0.717, 1.165) is 44.9 Å². The van der Waals surface area contributed by atoms with Gasteiger partial charge in [-0.1, -0.05) is 60.3 Å². The average molecular weight is 892 g/mol. The third kappa shape index (κ3) is 14.1. The quantitative estimate of drug-likeness (QED) is 0.0497. The first-order chi connectivity index (χ1) is 30.1. The fourth-order valence-electron chi connectivity index (χ4n) is 12.0. The number of rotatable bonds is 26. The molecule has 63 heavy (non-hydrogen) atoms. The van der Waals surface area contributed by atoms with Crippen molar-refractivity contribution < 1.29 is 57.2 Å². The lowest BCUT2D eigenvalue weighted by atomic mass is 9.43. The van der Waals surface area contributed by atoms with E-state index in [2.05, 4.69) is 27.7 Å². The van der Waals surface area contributed by atoms with Gasteiger partial charge in [0, 0.05) is 50.2 Å². The minimum absolute atomic E-state index is 0.00306. The van der Waals surface area contributed by atoms with E-state index in [1.54, 1.807) is 0 Å². The SMILES string of the molecule is CCCCCC(=O)OCC(COC(=O)CC[C@@H](C)[C@H]1CC[C@H]2[C@@H]3[C@H](OC(=O)CCN)C[C@@H]4C[C@H](OC(=O)CCN)CC[C@]4(C)[C@H]3C[C@H](OC(=O)CCN)[C@]12C)OC(=O)CCCCC. The van der Waals surface area contributed by atoms with Crippen molar-refractivity contribution in [1.29, 1.82) is 0 Å². The van der Waals surface area contributed by atoms with Crippen molar-refractivity contribution in [2.75, 3.05) is 32.8 Å². The second-order valence-electron chi connectivity index (χ2n) is 19.4. The van der Waals surface area contributed by atoms with Gasteiger partial charge in [-0.25, -0.2) is 0 Å². The highest BCUT2D eigenvalue weighted by Gasteiger charge is 2.67. The minimum atomic E-state index is -0.908. The molecule has 0 heterocycles. The van der Waals surface area contributed by atoms with E-state index in [1.165, 1.54) is 0 Å². The number of ether oxygens (including phenoxy) is 6. The van der Waals surface area contributed by atoms with Crippen molar-refractivity contribution in [2.45, 2.75) is 187 Å². The molecular formula is C48H81N3O12. The van der Waals surface area contributed by atoms with Crippen LogP contribution in [-0.2, 0) is 57.2 Å². The molecular weight excluding hydrogens is 811 g/mol. The Morgan fingerprint density at radius 2 is 1.19 bits per heavy atom. The van der Waals surface area contributed by atoms with E-state index in [4.69, 9.17) is 45.6 Å². The highest BCUT2D eigenvalue weighted by Crippen LogP contribution is 2.69. The number of esters is 6. The van der Waals surface area contributed by atoms with E-state index in [1.807, 2.05) is 6.92 Å². The second-order valence-corrected chi connectivity index (χ2v) is 19.4. The molecule has 0 bridgehead atoms. The predicted octanol–water partition coefficient (Wildman–Crippen LogP) is 6.22. The molecule has 0 aliphatic heterocycles. The normalized spacial score (nSPS) is 30.7. The molecule has 4 aliphatic carbocycles. The summed E-state index contributed by atoms with van der Waals surface area (Å²) in [6.45, 7) is 10.9. The van der Waals surface area contributed by atoms with Crippen molar-refractivity contribution in [1.82, 2.24) is 0 Å². The van der Waals surface area contributed by atoms with Crippen molar-refractivity contribution in [3.8, 4) is 0 Å². The molecule has 0 saturated heterocycles. The van der Waals surface area contributed by atoms with Crippen LogP contribution in [0.5, 0.6) is 0 Å². The fraction of sp³-hybridized carbons (Fsp3) is 0.875. The third-order valence-electron chi connectivity index (χ3n) is 15.3. The number of hydrogen-bond donors (Lipinski definition) is 3. The van der Waals surface area contributed by atoms with Crippen molar-refractivity contribution in [3.05, 3.63) is 0 Å². The van der Waals surface area contributed by atoms with E-state index in [9.17, 15) is 28.8 Å². The maximum atomic E-state index is 13.4. The van der Waals surface area contributed by atoms with E-state index < -0.39 is 29.6 Å². The van der Waals surface area contributed by atoms with Crippen LogP contribution in [0, 0.1) is 46.3 Å².